The second-order valence-electron chi connectivity index (χ2n) is 4.31. The Bertz CT molecular complexity index is 344. The standard InChI is InChI=1S/C13H18N2O/c14-13(16)12(11-7-3-1-4-8-11)15-9-5-2-6-10-15/h1,3-4,7-8,12H,2,5-6,9-10H2,(H2,14,16). The van der Waals surface area contributed by atoms with E-state index in [2.05, 4.69) is 4.90 Å². The Kier molecular flexibility index (Phi) is 3.57. The summed E-state index contributed by atoms with van der Waals surface area (Å²) in [5.41, 5.74) is 6.53. The van der Waals surface area contributed by atoms with Crippen LogP contribution in [0.25, 0.3) is 0 Å². The SMILES string of the molecule is NC(=O)C(c1ccccc1)N1CCCCC1. The van der Waals surface area contributed by atoms with Gasteiger partial charge in [0.25, 0.3) is 0 Å². The molecule has 0 aromatic heterocycles. The fourth-order valence-corrected chi connectivity index (χ4v) is 2.37. The number of benzene rings is 1. The summed E-state index contributed by atoms with van der Waals surface area (Å²) in [6, 6.07) is 9.57. The first-order valence-corrected chi connectivity index (χ1v) is 5.87. The third-order valence-corrected chi connectivity index (χ3v) is 3.14. The molecule has 86 valence electrons. The maximum Gasteiger partial charge on any atom is 0.239 e. The van der Waals surface area contributed by atoms with Crippen LogP contribution in [0.3, 0.4) is 0 Å². The molecule has 0 saturated carbocycles. The van der Waals surface area contributed by atoms with Gasteiger partial charge in [0, 0.05) is 0 Å². The van der Waals surface area contributed by atoms with Gasteiger partial charge in [-0.1, -0.05) is 36.8 Å². The first-order valence-electron chi connectivity index (χ1n) is 5.87. The summed E-state index contributed by atoms with van der Waals surface area (Å²) in [6.07, 6.45) is 3.59. The Morgan fingerprint density at radius 1 is 1.12 bits per heavy atom. The Balaban J connectivity index is 2.20. The lowest BCUT2D eigenvalue weighted by Crippen LogP contribution is -2.40. The van der Waals surface area contributed by atoms with Crippen molar-refractivity contribution in [3.8, 4) is 0 Å². The minimum absolute atomic E-state index is 0.242. The predicted molar refractivity (Wildman–Crippen MR) is 63.8 cm³/mol. The summed E-state index contributed by atoms with van der Waals surface area (Å²) in [6.45, 7) is 1.95. The quantitative estimate of drug-likeness (QED) is 0.839. The second-order valence-corrected chi connectivity index (χ2v) is 4.31. The van der Waals surface area contributed by atoms with Crippen LogP contribution < -0.4 is 5.73 Å². The van der Waals surface area contributed by atoms with E-state index in [1.165, 1.54) is 6.42 Å². The molecule has 1 saturated heterocycles. The molecule has 1 fully saturated rings. The molecule has 2 rings (SSSR count). The first kappa shape index (κ1) is 11.1. The molecule has 2 N–H and O–H groups in total. The van der Waals surface area contributed by atoms with Crippen LogP contribution in [-0.4, -0.2) is 23.9 Å². The molecule has 16 heavy (non-hydrogen) atoms. The molecular formula is C13H18N2O. The number of carbonyl (C=O) groups excluding carboxylic acids is 1. The van der Waals surface area contributed by atoms with Gasteiger partial charge in [0.05, 0.1) is 0 Å². The van der Waals surface area contributed by atoms with E-state index in [9.17, 15) is 4.79 Å². The molecule has 1 atom stereocenters. The third-order valence-electron chi connectivity index (χ3n) is 3.14. The summed E-state index contributed by atoms with van der Waals surface area (Å²) in [5.74, 6) is -0.242. The number of nitrogens with two attached hydrogens (primary N) is 1. The predicted octanol–water partition coefficient (Wildman–Crippen LogP) is 1.70. The molecule has 1 aliphatic rings. The molecule has 3 nitrogen and oxygen atoms in total. The number of carbonyl (C=O) groups is 1. The molecule has 0 bridgehead atoms. The van der Waals surface area contributed by atoms with Crippen LogP contribution in [0.5, 0.6) is 0 Å². The highest BCUT2D eigenvalue weighted by Crippen LogP contribution is 2.23. The largest absolute Gasteiger partial charge is 0.368 e. The molecule has 3 heteroatoms. The van der Waals surface area contributed by atoms with Crippen molar-refractivity contribution in [3.63, 3.8) is 0 Å². The molecule has 1 heterocycles. The molecular weight excluding hydrogens is 200 g/mol. The molecule has 1 aliphatic heterocycles. The molecule has 0 aliphatic carbocycles. The number of nitrogens with zero attached hydrogens (tertiary/aromatic N) is 1. The van der Waals surface area contributed by atoms with Crippen molar-refractivity contribution in [2.24, 2.45) is 5.73 Å². The maximum atomic E-state index is 11.6. The molecule has 1 unspecified atom stereocenters. The number of amides is 1. The van der Waals surface area contributed by atoms with Crippen LogP contribution in [0.15, 0.2) is 30.3 Å². The van der Waals surface area contributed by atoms with Gasteiger partial charge in [-0.15, -0.1) is 0 Å². The minimum Gasteiger partial charge on any atom is -0.368 e. The topological polar surface area (TPSA) is 46.3 Å². The van der Waals surface area contributed by atoms with Crippen molar-refractivity contribution in [1.29, 1.82) is 0 Å². The Labute approximate surface area is 96.2 Å². The molecule has 0 spiro atoms. The molecule has 0 radical (unpaired) electrons. The Morgan fingerprint density at radius 2 is 1.75 bits per heavy atom. The van der Waals surface area contributed by atoms with Gasteiger partial charge in [0.15, 0.2) is 0 Å². The van der Waals surface area contributed by atoms with Crippen LogP contribution in [0.2, 0.25) is 0 Å². The average Bonchev–Trinajstić information content (AvgIpc) is 2.31. The summed E-state index contributed by atoms with van der Waals surface area (Å²) in [7, 11) is 0. The Morgan fingerprint density at radius 3 is 2.31 bits per heavy atom. The van der Waals surface area contributed by atoms with Gasteiger partial charge in [-0.3, -0.25) is 9.69 Å². The van der Waals surface area contributed by atoms with Crippen molar-refractivity contribution < 1.29 is 4.79 Å². The van der Waals surface area contributed by atoms with E-state index in [0.717, 1.165) is 31.5 Å². The number of primary amides is 1. The highest BCUT2D eigenvalue weighted by atomic mass is 16.1. The van der Waals surface area contributed by atoms with Gasteiger partial charge in [-0.25, -0.2) is 0 Å². The van der Waals surface area contributed by atoms with Gasteiger partial charge >= 0.3 is 0 Å². The molecule has 1 aromatic rings. The average molecular weight is 218 g/mol. The summed E-state index contributed by atoms with van der Waals surface area (Å²) >= 11 is 0. The lowest BCUT2D eigenvalue weighted by molar-refractivity contribution is -0.123. The maximum absolute atomic E-state index is 11.6. The van der Waals surface area contributed by atoms with E-state index in [0.29, 0.717) is 0 Å². The van der Waals surface area contributed by atoms with Crippen LogP contribution in [0.1, 0.15) is 30.9 Å². The minimum atomic E-state index is -0.249. The van der Waals surface area contributed by atoms with Crippen molar-refractivity contribution >= 4 is 5.91 Å². The van der Waals surface area contributed by atoms with E-state index < -0.39 is 0 Å². The van der Waals surface area contributed by atoms with E-state index in [4.69, 9.17) is 5.73 Å². The zero-order valence-corrected chi connectivity index (χ0v) is 9.43. The van der Waals surface area contributed by atoms with Crippen LogP contribution in [-0.2, 0) is 4.79 Å². The zero-order valence-electron chi connectivity index (χ0n) is 9.43. The van der Waals surface area contributed by atoms with E-state index >= 15 is 0 Å². The van der Waals surface area contributed by atoms with Crippen molar-refractivity contribution in [1.82, 2.24) is 4.90 Å². The third kappa shape index (κ3) is 2.42. The van der Waals surface area contributed by atoms with Crippen molar-refractivity contribution in [2.45, 2.75) is 25.3 Å². The van der Waals surface area contributed by atoms with E-state index in [1.54, 1.807) is 0 Å². The lowest BCUT2D eigenvalue weighted by atomic mass is 10.0. The second kappa shape index (κ2) is 5.12. The highest BCUT2D eigenvalue weighted by molar-refractivity contribution is 5.81. The number of likely N-dealkylation sites (tertiary alicyclic amines) is 1. The van der Waals surface area contributed by atoms with Gasteiger partial charge in [-0.2, -0.15) is 0 Å². The van der Waals surface area contributed by atoms with Crippen molar-refractivity contribution in [2.75, 3.05) is 13.1 Å². The fraction of sp³-hybridized carbons (Fsp3) is 0.462. The van der Waals surface area contributed by atoms with Crippen LogP contribution in [0, 0.1) is 0 Å². The van der Waals surface area contributed by atoms with Gasteiger partial charge < -0.3 is 5.73 Å². The van der Waals surface area contributed by atoms with Gasteiger partial charge in [0.1, 0.15) is 6.04 Å². The normalized spacial score (nSPS) is 19.2. The van der Waals surface area contributed by atoms with Crippen molar-refractivity contribution in [3.05, 3.63) is 35.9 Å². The summed E-state index contributed by atoms with van der Waals surface area (Å²) in [4.78, 5) is 13.8. The first-order chi connectivity index (χ1) is 7.79. The smallest absolute Gasteiger partial charge is 0.239 e. The highest BCUT2D eigenvalue weighted by Gasteiger charge is 2.26. The molecule has 1 amide bonds. The van der Waals surface area contributed by atoms with Gasteiger partial charge in [0.2, 0.25) is 5.91 Å². The summed E-state index contributed by atoms with van der Waals surface area (Å²) < 4.78 is 0. The monoisotopic (exact) mass is 218 g/mol. The number of hydrogen-bond donors (Lipinski definition) is 1. The van der Waals surface area contributed by atoms with Crippen LogP contribution >= 0.6 is 0 Å². The van der Waals surface area contributed by atoms with Gasteiger partial charge in [-0.05, 0) is 31.5 Å². The fourth-order valence-electron chi connectivity index (χ4n) is 2.37. The summed E-state index contributed by atoms with van der Waals surface area (Å²) in [5, 5.41) is 0. The lowest BCUT2D eigenvalue weighted by Gasteiger charge is -2.32. The van der Waals surface area contributed by atoms with E-state index in [1.807, 2.05) is 30.3 Å². The number of rotatable bonds is 3. The molecule has 1 aromatic carbocycles. The van der Waals surface area contributed by atoms with E-state index in [-0.39, 0.29) is 11.9 Å². The van der Waals surface area contributed by atoms with Crippen LogP contribution in [0.4, 0.5) is 0 Å². The zero-order chi connectivity index (χ0) is 11.4. The number of hydrogen-bond acceptors (Lipinski definition) is 2. The number of piperidine rings is 1. The Hall–Kier alpha value is -1.35.